The Balaban J connectivity index is 2.44. The summed E-state index contributed by atoms with van der Waals surface area (Å²) in [6.07, 6.45) is 6.07. The van der Waals surface area contributed by atoms with E-state index in [0.29, 0.717) is 0 Å². The lowest BCUT2D eigenvalue weighted by Gasteiger charge is -2.17. The van der Waals surface area contributed by atoms with Crippen LogP contribution in [-0.4, -0.2) is 7.11 Å². The zero-order chi connectivity index (χ0) is 17.1. The fourth-order valence-corrected chi connectivity index (χ4v) is 3.28. The molecule has 0 aliphatic rings. The summed E-state index contributed by atoms with van der Waals surface area (Å²) in [6.45, 7) is 8.22. The Bertz CT molecular complexity index is 932. The molecule has 24 heavy (non-hydrogen) atoms. The third kappa shape index (κ3) is 2.63. The second kappa shape index (κ2) is 6.76. The molecule has 0 aromatic heterocycles. The summed E-state index contributed by atoms with van der Waals surface area (Å²) in [5.74, 6) is 0.868. The fraction of sp³-hybridized carbons (Fsp3) is 0.130. The van der Waals surface area contributed by atoms with Crippen LogP contribution in [0, 0.1) is 6.92 Å². The van der Waals surface area contributed by atoms with Gasteiger partial charge in [-0.3, -0.25) is 0 Å². The van der Waals surface area contributed by atoms with Crippen molar-refractivity contribution in [2.24, 2.45) is 0 Å². The third-order valence-corrected chi connectivity index (χ3v) is 4.42. The van der Waals surface area contributed by atoms with Crippen molar-refractivity contribution in [1.82, 2.24) is 0 Å². The average molecular weight is 314 g/mol. The van der Waals surface area contributed by atoms with Gasteiger partial charge in [-0.15, -0.1) is 0 Å². The molecule has 1 heteroatoms. The Kier molecular flexibility index (Phi) is 4.52. The van der Waals surface area contributed by atoms with Gasteiger partial charge in [-0.25, -0.2) is 0 Å². The zero-order valence-electron chi connectivity index (χ0n) is 14.5. The highest BCUT2D eigenvalue weighted by Gasteiger charge is 2.15. The second-order valence-electron chi connectivity index (χ2n) is 5.83. The Morgan fingerprint density at radius 2 is 1.71 bits per heavy atom. The molecule has 0 radical (unpaired) electrons. The van der Waals surface area contributed by atoms with Gasteiger partial charge in [0.05, 0.1) is 7.11 Å². The predicted octanol–water partition coefficient (Wildman–Crippen LogP) is 6.50. The number of fused-ring (bicyclic) bond motifs is 1. The Morgan fingerprint density at radius 1 is 0.958 bits per heavy atom. The molecule has 3 aromatic carbocycles. The maximum atomic E-state index is 5.68. The van der Waals surface area contributed by atoms with Crippen molar-refractivity contribution in [3.8, 4) is 16.9 Å². The topological polar surface area (TPSA) is 9.23 Å². The van der Waals surface area contributed by atoms with Gasteiger partial charge < -0.3 is 4.74 Å². The smallest absolute Gasteiger partial charge is 0.127 e. The number of aryl methyl sites for hydroxylation is 1. The summed E-state index contributed by atoms with van der Waals surface area (Å²) in [6, 6.07) is 17.0. The minimum absolute atomic E-state index is 0.868. The number of ether oxygens (including phenoxy) is 1. The van der Waals surface area contributed by atoms with Crippen molar-refractivity contribution in [3.05, 3.63) is 77.9 Å². The van der Waals surface area contributed by atoms with Crippen LogP contribution in [-0.2, 0) is 0 Å². The molecule has 0 aliphatic heterocycles. The Labute approximate surface area is 143 Å². The van der Waals surface area contributed by atoms with E-state index >= 15 is 0 Å². The van der Waals surface area contributed by atoms with Crippen LogP contribution in [0.15, 0.2) is 61.2 Å². The van der Waals surface area contributed by atoms with Gasteiger partial charge in [-0.1, -0.05) is 67.3 Å². The van der Waals surface area contributed by atoms with E-state index in [1.807, 2.05) is 25.1 Å². The van der Waals surface area contributed by atoms with Crippen molar-refractivity contribution < 1.29 is 4.74 Å². The Morgan fingerprint density at radius 3 is 2.38 bits per heavy atom. The molecule has 0 unspecified atom stereocenters. The van der Waals surface area contributed by atoms with Gasteiger partial charge in [0.2, 0.25) is 0 Å². The van der Waals surface area contributed by atoms with Crippen molar-refractivity contribution >= 4 is 22.9 Å². The number of hydrogen-bond acceptors (Lipinski definition) is 1. The van der Waals surface area contributed by atoms with Crippen LogP contribution in [0.5, 0.6) is 5.75 Å². The first-order chi connectivity index (χ1) is 11.7. The van der Waals surface area contributed by atoms with Gasteiger partial charge in [0, 0.05) is 5.56 Å². The van der Waals surface area contributed by atoms with E-state index in [9.17, 15) is 0 Å². The van der Waals surface area contributed by atoms with Crippen LogP contribution >= 0.6 is 0 Å². The molecular weight excluding hydrogens is 292 g/mol. The molecule has 1 nitrogen and oxygen atoms in total. The van der Waals surface area contributed by atoms with E-state index < -0.39 is 0 Å². The molecule has 3 rings (SSSR count). The molecule has 0 saturated heterocycles. The summed E-state index contributed by atoms with van der Waals surface area (Å²) in [4.78, 5) is 0. The van der Waals surface area contributed by atoms with E-state index in [2.05, 4.69) is 62.0 Å². The normalized spacial score (nSPS) is 11.1. The van der Waals surface area contributed by atoms with Crippen LogP contribution < -0.4 is 4.74 Å². The van der Waals surface area contributed by atoms with Crippen LogP contribution in [0.3, 0.4) is 0 Å². The maximum Gasteiger partial charge on any atom is 0.127 e. The minimum atomic E-state index is 0.868. The highest BCUT2D eigenvalue weighted by atomic mass is 16.5. The van der Waals surface area contributed by atoms with Crippen LogP contribution in [0.2, 0.25) is 0 Å². The first kappa shape index (κ1) is 16.1. The van der Waals surface area contributed by atoms with Gasteiger partial charge in [-0.2, -0.15) is 0 Å². The molecular formula is C23H22O. The van der Waals surface area contributed by atoms with Crippen molar-refractivity contribution in [2.75, 3.05) is 7.11 Å². The maximum absolute atomic E-state index is 5.68. The van der Waals surface area contributed by atoms with E-state index in [1.54, 1.807) is 7.11 Å². The van der Waals surface area contributed by atoms with E-state index in [0.717, 1.165) is 22.4 Å². The zero-order valence-corrected chi connectivity index (χ0v) is 14.5. The van der Waals surface area contributed by atoms with Crippen LogP contribution in [0.1, 0.15) is 23.6 Å². The largest absolute Gasteiger partial charge is 0.496 e. The molecule has 0 heterocycles. The monoisotopic (exact) mass is 314 g/mol. The third-order valence-electron chi connectivity index (χ3n) is 4.42. The van der Waals surface area contributed by atoms with E-state index in [4.69, 9.17) is 4.74 Å². The van der Waals surface area contributed by atoms with Gasteiger partial charge in [0.1, 0.15) is 5.75 Å². The number of methoxy groups -OCH3 is 1. The predicted molar refractivity (Wildman–Crippen MR) is 105 cm³/mol. The molecule has 0 atom stereocenters. The molecule has 0 N–H and O–H groups in total. The van der Waals surface area contributed by atoms with E-state index in [-0.39, 0.29) is 0 Å². The molecule has 0 fully saturated rings. The minimum Gasteiger partial charge on any atom is -0.496 e. The highest BCUT2D eigenvalue weighted by molar-refractivity contribution is 6.02. The number of allylic oxidation sites excluding steroid dienone is 1. The number of hydrogen-bond donors (Lipinski definition) is 0. The number of benzene rings is 3. The van der Waals surface area contributed by atoms with Crippen LogP contribution in [0.4, 0.5) is 0 Å². The van der Waals surface area contributed by atoms with Gasteiger partial charge in [-0.05, 0) is 52.9 Å². The lowest BCUT2D eigenvalue weighted by atomic mass is 9.89. The first-order valence-corrected chi connectivity index (χ1v) is 8.16. The molecule has 3 aromatic rings. The quantitative estimate of drug-likeness (QED) is 0.534. The van der Waals surface area contributed by atoms with E-state index in [1.165, 1.54) is 21.9 Å². The summed E-state index contributed by atoms with van der Waals surface area (Å²) >= 11 is 0. The molecule has 0 spiro atoms. The van der Waals surface area contributed by atoms with Crippen molar-refractivity contribution in [2.45, 2.75) is 13.8 Å². The van der Waals surface area contributed by atoms with Gasteiger partial charge in [0.15, 0.2) is 0 Å². The lowest BCUT2D eigenvalue weighted by Crippen LogP contribution is -1.95. The Hall–Kier alpha value is -2.80. The molecule has 0 saturated carbocycles. The van der Waals surface area contributed by atoms with Crippen molar-refractivity contribution in [1.29, 1.82) is 0 Å². The highest BCUT2D eigenvalue weighted by Crippen LogP contribution is 2.40. The van der Waals surface area contributed by atoms with Gasteiger partial charge >= 0.3 is 0 Å². The van der Waals surface area contributed by atoms with Crippen LogP contribution in [0.25, 0.3) is 34.1 Å². The summed E-state index contributed by atoms with van der Waals surface area (Å²) in [5, 5.41) is 2.50. The summed E-state index contributed by atoms with van der Waals surface area (Å²) in [7, 11) is 1.72. The number of rotatable bonds is 4. The fourth-order valence-electron chi connectivity index (χ4n) is 3.28. The van der Waals surface area contributed by atoms with Gasteiger partial charge in [0.25, 0.3) is 0 Å². The molecule has 0 aliphatic carbocycles. The molecule has 120 valence electrons. The average Bonchev–Trinajstić information content (AvgIpc) is 2.62. The summed E-state index contributed by atoms with van der Waals surface area (Å²) in [5.41, 5.74) is 5.79. The summed E-state index contributed by atoms with van der Waals surface area (Å²) < 4.78 is 5.68. The second-order valence-corrected chi connectivity index (χ2v) is 5.83. The molecule has 0 bridgehead atoms. The molecule has 0 amide bonds. The first-order valence-electron chi connectivity index (χ1n) is 8.16. The lowest BCUT2D eigenvalue weighted by molar-refractivity contribution is 0.416. The van der Waals surface area contributed by atoms with Crippen molar-refractivity contribution in [3.63, 3.8) is 0 Å². The SMILES string of the molecule is C=Cc1c(/C=C\C)ccc(OC)c1-c1ccc(C)c2ccccc12. The standard InChI is InChI=1S/C23H22O/c1-5-9-17-13-15-22(24-4)23(18(17)6-2)21-14-12-16(3)19-10-7-8-11-20(19)21/h5-15H,2H2,1,3-4H3/b9-5-.